The second kappa shape index (κ2) is 8.10. The van der Waals surface area contributed by atoms with E-state index >= 15 is 0 Å². The van der Waals surface area contributed by atoms with Crippen molar-refractivity contribution in [3.05, 3.63) is 53.5 Å². The number of hydrogen-bond acceptors (Lipinski definition) is 4. The normalized spacial score (nSPS) is 17.4. The molecule has 0 radical (unpaired) electrons. The van der Waals surface area contributed by atoms with Crippen LogP contribution in [0.3, 0.4) is 0 Å². The smallest absolute Gasteiger partial charge is 0.274 e. The summed E-state index contributed by atoms with van der Waals surface area (Å²) >= 11 is 0. The van der Waals surface area contributed by atoms with E-state index in [0.29, 0.717) is 24.1 Å². The monoisotopic (exact) mass is 338 g/mol. The van der Waals surface area contributed by atoms with Crippen LogP contribution in [0.4, 0.5) is 5.82 Å². The molecule has 1 unspecified atom stereocenters. The molecule has 5 nitrogen and oxygen atoms in total. The molecule has 1 fully saturated rings. The molecule has 1 amide bonds. The number of benzene rings is 1. The van der Waals surface area contributed by atoms with Gasteiger partial charge in [-0.05, 0) is 43.7 Å². The Bertz CT molecular complexity index is 714. The maximum Gasteiger partial charge on any atom is 0.274 e. The largest absolute Gasteiger partial charge is 0.365 e. The molecule has 1 aromatic carbocycles. The molecular formula is C20H26N4O. The number of nitrogens with one attached hydrogen (secondary N) is 1. The first-order valence-corrected chi connectivity index (χ1v) is 9.10. The van der Waals surface area contributed by atoms with Crippen LogP contribution < -0.4 is 5.32 Å². The predicted molar refractivity (Wildman–Crippen MR) is 99.5 cm³/mol. The van der Waals surface area contributed by atoms with Gasteiger partial charge in [-0.3, -0.25) is 4.79 Å². The van der Waals surface area contributed by atoms with Crippen molar-refractivity contribution in [2.45, 2.75) is 52.1 Å². The van der Waals surface area contributed by atoms with E-state index in [1.807, 2.05) is 17.0 Å². The average molecular weight is 338 g/mol. The van der Waals surface area contributed by atoms with Crippen LogP contribution in [0.2, 0.25) is 0 Å². The molecule has 5 heteroatoms. The number of anilines is 1. The van der Waals surface area contributed by atoms with Gasteiger partial charge < -0.3 is 10.2 Å². The number of hydrogen-bond donors (Lipinski definition) is 1. The summed E-state index contributed by atoms with van der Waals surface area (Å²) in [6.45, 7) is 5.75. The number of piperidine rings is 1. The maximum absolute atomic E-state index is 12.7. The lowest BCUT2D eigenvalue weighted by atomic mass is 10.00. The average Bonchev–Trinajstić information content (AvgIpc) is 2.67. The van der Waals surface area contributed by atoms with Gasteiger partial charge in [-0.25, -0.2) is 9.97 Å². The molecule has 0 aliphatic carbocycles. The predicted octanol–water partition coefficient (Wildman–Crippen LogP) is 3.80. The van der Waals surface area contributed by atoms with Crippen molar-refractivity contribution >= 4 is 11.7 Å². The van der Waals surface area contributed by atoms with Gasteiger partial charge in [0.2, 0.25) is 0 Å². The lowest BCUT2D eigenvalue weighted by Gasteiger charge is -2.34. The number of aryl methyl sites for hydroxylation is 1. The van der Waals surface area contributed by atoms with E-state index < -0.39 is 0 Å². The molecule has 1 atom stereocenters. The summed E-state index contributed by atoms with van der Waals surface area (Å²) in [6.07, 6.45) is 7.60. The number of nitrogens with zero attached hydrogens (tertiary/aromatic N) is 3. The van der Waals surface area contributed by atoms with Crippen LogP contribution in [0.25, 0.3) is 0 Å². The molecule has 132 valence electrons. The van der Waals surface area contributed by atoms with Crippen LogP contribution in [0.15, 0.2) is 36.7 Å². The second-order valence-corrected chi connectivity index (χ2v) is 6.62. The second-order valence-electron chi connectivity index (χ2n) is 6.62. The van der Waals surface area contributed by atoms with Crippen molar-refractivity contribution in [1.82, 2.24) is 14.9 Å². The number of aromatic nitrogens is 2. The molecule has 1 saturated heterocycles. The Morgan fingerprint density at radius 3 is 2.80 bits per heavy atom. The molecule has 2 aromatic rings. The Morgan fingerprint density at radius 1 is 1.24 bits per heavy atom. The van der Waals surface area contributed by atoms with Gasteiger partial charge >= 0.3 is 0 Å². The standard InChI is InChI=1S/C20H26N4O/c1-3-17-10-6-7-11-24(17)20(25)18-13-23-19(14-21-18)22-12-16-9-5-4-8-15(16)2/h4-5,8-9,13-14,17H,3,6-7,10-12H2,1-2H3,(H,22,23). The van der Waals surface area contributed by atoms with Crippen molar-refractivity contribution < 1.29 is 4.79 Å². The van der Waals surface area contributed by atoms with Crippen LogP contribution in [-0.4, -0.2) is 33.4 Å². The van der Waals surface area contributed by atoms with Crippen molar-refractivity contribution in [1.29, 1.82) is 0 Å². The highest BCUT2D eigenvalue weighted by atomic mass is 16.2. The zero-order valence-electron chi connectivity index (χ0n) is 15.0. The fourth-order valence-electron chi connectivity index (χ4n) is 3.36. The molecule has 1 aliphatic heterocycles. The quantitative estimate of drug-likeness (QED) is 0.901. The fourth-order valence-corrected chi connectivity index (χ4v) is 3.36. The number of rotatable bonds is 5. The molecule has 2 heterocycles. The summed E-state index contributed by atoms with van der Waals surface area (Å²) in [5.41, 5.74) is 2.90. The summed E-state index contributed by atoms with van der Waals surface area (Å²) in [5.74, 6) is 0.690. The van der Waals surface area contributed by atoms with Crippen LogP contribution in [0, 0.1) is 6.92 Å². The minimum Gasteiger partial charge on any atom is -0.365 e. The van der Waals surface area contributed by atoms with E-state index in [1.165, 1.54) is 17.5 Å². The summed E-state index contributed by atoms with van der Waals surface area (Å²) in [5, 5.41) is 3.27. The van der Waals surface area contributed by atoms with Crippen LogP contribution in [0.1, 0.15) is 54.2 Å². The highest BCUT2D eigenvalue weighted by Gasteiger charge is 2.27. The topological polar surface area (TPSA) is 58.1 Å². The van der Waals surface area contributed by atoms with Gasteiger partial charge in [-0.1, -0.05) is 31.2 Å². The molecular weight excluding hydrogens is 312 g/mol. The Kier molecular flexibility index (Phi) is 5.64. The van der Waals surface area contributed by atoms with Gasteiger partial charge in [0, 0.05) is 19.1 Å². The summed E-state index contributed by atoms with van der Waals surface area (Å²) < 4.78 is 0. The zero-order valence-corrected chi connectivity index (χ0v) is 15.0. The molecule has 0 spiro atoms. The van der Waals surface area contributed by atoms with Crippen molar-refractivity contribution in [2.24, 2.45) is 0 Å². The first kappa shape index (κ1) is 17.4. The van der Waals surface area contributed by atoms with Gasteiger partial charge in [0.05, 0.1) is 12.4 Å². The third-order valence-corrected chi connectivity index (χ3v) is 4.95. The molecule has 1 aliphatic rings. The van der Waals surface area contributed by atoms with Gasteiger partial charge in [-0.15, -0.1) is 0 Å². The van der Waals surface area contributed by atoms with Crippen molar-refractivity contribution in [3.8, 4) is 0 Å². The Hall–Kier alpha value is -2.43. The fraction of sp³-hybridized carbons (Fsp3) is 0.450. The van der Waals surface area contributed by atoms with Crippen molar-refractivity contribution in [3.63, 3.8) is 0 Å². The maximum atomic E-state index is 12.7. The van der Waals surface area contributed by atoms with E-state index in [-0.39, 0.29) is 5.91 Å². The number of likely N-dealkylation sites (tertiary alicyclic amines) is 1. The first-order valence-electron chi connectivity index (χ1n) is 9.10. The molecule has 25 heavy (non-hydrogen) atoms. The Balaban J connectivity index is 1.63. The van der Waals surface area contributed by atoms with E-state index in [0.717, 1.165) is 25.8 Å². The minimum atomic E-state index is 0.00417. The molecule has 0 saturated carbocycles. The molecule has 3 rings (SSSR count). The first-order chi connectivity index (χ1) is 12.2. The van der Waals surface area contributed by atoms with Crippen LogP contribution in [0.5, 0.6) is 0 Å². The lowest BCUT2D eigenvalue weighted by molar-refractivity contribution is 0.0601. The lowest BCUT2D eigenvalue weighted by Crippen LogP contribution is -2.43. The summed E-state index contributed by atoms with van der Waals surface area (Å²) in [6, 6.07) is 8.58. The van der Waals surface area contributed by atoms with Gasteiger partial charge in [0.25, 0.3) is 5.91 Å². The SMILES string of the molecule is CCC1CCCCN1C(=O)c1cnc(NCc2ccccc2C)cn1. The van der Waals surface area contributed by atoms with E-state index in [1.54, 1.807) is 12.4 Å². The van der Waals surface area contributed by atoms with E-state index in [2.05, 4.69) is 41.3 Å². The molecule has 1 aromatic heterocycles. The van der Waals surface area contributed by atoms with Gasteiger partial charge in [0.1, 0.15) is 11.5 Å². The van der Waals surface area contributed by atoms with Crippen LogP contribution >= 0.6 is 0 Å². The van der Waals surface area contributed by atoms with Gasteiger partial charge in [-0.2, -0.15) is 0 Å². The Labute approximate surface area is 149 Å². The highest BCUT2D eigenvalue weighted by molar-refractivity contribution is 5.92. The Morgan fingerprint density at radius 2 is 2.08 bits per heavy atom. The molecule has 0 bridgehead atoms. The highest BCUT2D eigenvalue weighted by Crippen LogP contribution is 2.21. The van der Waals surface area contributed by atoms with Crippen molar-refractivity contribution in [2.75, 3.05) is 11.9 Å². The minimum absolute atomic E-state index is 0.00417. The van der Waals surface area contributed by atoms with E-state index in [4.69, 9.17) is 0 Å². The third kappa shape index (κ3) is 4.16. The van der Waals surface area contributed by atoms with Crippen LogP contribution in [-0.2, 0) is 6.54 Å². The van der Waals surface area contributed by atoms with E-state index in [9.17, 15) is 4.79 Å². The third-order valence-electron chi connectivity index (χ3n) is 4.95. The zero-order chi connectivity index (χ0) is 17.6. The summed E-state index contributed by atoms with van der Waals surface area (Å²) in [4.78, 5) is 23.4. The van der Waals surface area contributed by atoms with Gasteiger partial charge in [0.15, 0.2) is 0 Å². The number of amides is 1. The summed E-state index contributed by atoms with van der Waals surface area (Å²) in [7, 11) is 0. The number of carbonyl (C=O) groups excluding carboxylic acids is 1. The number of carbonyl (C=O) groups is 1. The molecule has 1 N–H and O–H groups in total.